The summed E-state index contributed by atoms with van der Waals surface area (Å²) in [5.74, 6) is -1.27. The van der Waals surface area contributed by atoms with Crippen LogP contribution in [0.5, 0.6) is 5.75 Å². The first-order valence-electron chi connectivity index (χ1n) is 7.13. The number of carbonyl (C=O) groups is 3. The summed E-state index contributed by atoms with van der Waals surface area (Å²) in [4.78, 5) is 36.0. The van der Waals surface area contributed by atoms with Crippen molar-refractivity contribution in [2.45, 2.75) is 19.8 Å². The predicted molar refractivity (Wildman–Crippen MR) is 94.5 cm³/mol. The highest BCUT2D eigenvalue weighted by molar-refractivity contribution is 8.26. The van der Waals surface area contributed by atoms with Gasteiger partial charge in [-0.1, -0.05) is 42.2 Å². The van der Waals surface area contributed by atoms with Crippen molar-refractivity contribution >= 4 is 52.2 Å². The molecule has 0 aromatic heterocycles. The molecule has 1 aromatic carbocycles. The normalized spacial score (nSPS) is 15.9. The zero-order valence-corrected chi connectivity index (χ0v) is 14.5. The Kier molecular flexibility index (Phi) is 6.10. The number of nitrogens with zero attached hydrogens (tertiary/aromatic N) is 1. The molecule has 0 saturated carbocycles. The number of aliphatic carboxylic acids is 1. The fourth-order valence-corrected chi connectivity index (χ4v) is 3.37. The standard InChI is InChI=1S/C16H15NO5S2/c1-10(18)22-12-6-3-2-5-11(12)9-13-15(21)17(16(23)24-13)8-4-7-14(19)20/h2-3,5-6,9H,4,7-8H2,1H3,(H,19,20)/b13-9-. The highest BCUT2D eigenvalue weighted by atomic mass is 32.2. The van der Waals surface area contributed by atoms with Crippen molar-refractivity contribution in [2.75, 3.05) is 6.54 Å². The zero-order valence-electron chi connectivity index (χ0n) is 12.9. The summed E-state index contributed by atoms with van der Waals surface area (Å²) >= 11 is 6.33. The van der Waals surface area contributed by atoms with Crippen LogP contribution in [-0.2, 0) is 14.4 Å². The first kappa shape index (κ1) is 18.2. The molecule has 0 bridgehead atoms. The Hall–Kier alpha value is -2.19. The minimum absolute atomic E-state index is 0.0224. The van der Waals surface area contributed by atoms with Crippen LogP contribution in [0, 0.1) is 0 Å². The van der Waals surface area contributed by atoms with Crippen molar-refractivity contribution in [3.63, 3.8) is 0 Å². The summed E-state index contributed by atoms with van der Waals surface area (Å²) in [6, 6.07) is 6.87. The van der Waals surface area contributed by atoms with Crippen LogP contribution in [0.3, 0.4) is 0 Å². The molecule has 1 saturated heterocycles. The van der Waals surface area contributed by atoms with Crippen LogP contribution in [0.25, 0.3) is 6.08 Å². The molecule has 0 unspecified atom stereocenters. The molecular formula is C16H15NO5S2. The van der Waals surface area contributed by atoms with Crippen LogP contribution in [0.1, 0.15) is 25.3 Å². The minimum atomic E-state index is -0.911. The van der Waals surface area contributed by atoms with Gasteiger partial charge < -0.3 is 9.84 Å². The van der Waals surface area contributed by atoms with E-state index in [-0.39, 0.29) is 18.9 Å². The molecule has 1 amide bonds. The van der Waals surface area contributed by atoms with E-state index < -0.39 is 11.9 Å². The Labute approximate surface area is 148 Å². The third-order valence-corrected chi connectivity index (χ3v) is 4.48. The van der Waals surface area contributed by atoms with Gasteiger partial charge in [-0.25, -0.2) is 0 Å². The van der Waals surface area contributed by atoms with E-state index in [2.05, 4.69) is 0 Å². The molecule has 2 rings (SSSR count). The number of thioether (sulfide) groups is 1. The molecule has 6 nitrogen and oxygen atoms in total. The van der Waals surface area contributed by atoms with Crippen LogP contribution in [0.4, 0.5) is 0 Å². The lowest BCUT2D eigenvalue weighted by molar-refractivity contribution is -0.137. The Morgan fingerprint density at radius 2 is 2.08 bits per heavy atom. The second-order valence-corrected chi connectivity index (χ2v) is 6.64. The Bertz CT molecular complexity index is 729. The first-order chi connectivity index (χ1) is 11.4. The minimum Gasteiger partial charge on any atom is -0.481 e. The van der Waals surface area contributed by atoms with E-state index >= 15 is 0 Å². The maximum absolute atomic E-state index is 12.4. The van der Waals surface area contributed by atoms with Crippen LogP contribution >= 0.6 is 24.0 Å². The number of rotatable bonds is 6. The third-order valence-electron chi connectivity index (χ3n) is 3.11. The van der Waals surface area contributed by atoms with Crippen LogP contribution in [-0.4, -0.2) is 38.7 Å². The number of esters is 1. The molecule has 0 atom stereocenters. The van der Waals surface area contributed by atoms with Gasteiger partial charge >= 0.3 is 11.9 Å². The molecule has 0 aliphatic carbocycles. The van der Waals surface area contributed by atoms with Gasteiger partial charge in [0, 0.05) is 25.5 Å². The quantitative estimate of drug-likeness (QED) is 0.359. The molecule has 1 aromatic rings. The number of para-hydroxylation sites is 1. The van der Waals surface area contributed by atoms with E-state index in [0.29, 0.717) is 27.0 Å². The molecule has 1 aliphatic heterocycles. The maximum Gasteiger partial charge on any atom is 0.308 e. The Morgan fingerprint density at radius 1 is 1.38 bits per heavy atom. The lowest BCUT2D eigenvalue weighted by atomic mass is 10.2. The molecule has 1 fully saturated rings. The summed E-state index contributed by atoms with van der Waals surface area (Å²) in [5.41, 5.74) is 0.596. The van der Waals surface area contributed by atoms with Gasteiger partial charge in [0.05, 0.1) is 4.91 Å². The average molecular weight is 365 g/mol. The molecule has 0 spiro atoms. The maximum atomic E-state index is 12.4. The van der Waals surface area contributed by atoms with Gasteiger partial charge in [-0.2, -0.15) is 0 Å². The molecule has 1 heterocycles. The topological polar surface area (TPSA) is 83.9 Å². The Balaban J connectivity index is 2.17. The van der Waals surface area contributed by atoms with E-state index in [0.717, 1.165) is 11.8 Å². The predicted octanol–water partition coefficient (Wildman–Crippen LogP) is 2.68. The van der Waals surface area contributed by atoms with E-state index in [1.54, 1.807) is 30.3 Å². The van der Waals surface area contributed by atoms with E-state index in [1.807, 2.05) is 0 Å². The van der Waals surface area contributed by atoms with Crippen molar-refractivity contribution in [1.29, 1.82) is 0 Å². The number of thiocarbonyl (C=S) groups is 1. The fourth-order valence-electron chi connectivity index (χ4n) is 2.07. The number of amides is 1. The molecular weight excluding hydrogens is 350 g/mol. The van der Waals surface area contributed by atoms with Gasteiger partial charge in [-0.3, -0.25) is 19.3 Å². The van der Waals surface area contributed by atoms with Crippen molar-refractivity contribution in [3.05, 3.63) is 34.7 Å². The number of carboxylic acid groups (broad SMARTS) is 1. The second kappa shape index (κ2) is 8.07. The van der Waals surface area contributed by atoms with E-state index in [1.165, 1.54) is 11.8 Å². The van der Waals surface area contributed by atoms with E-state index in [4.69, 9.17) is 22.1 Å². The monoisotopic (exact) mass is 365 g/mol. The number of benzene rings is 1. The third kappa shape index (κ3) is 4.65. The molecule has 126 valence electrons. The number of hydrogen-bond donors (Lipinski definition) is 1. The summed E-state index contributed by atoms with van der Waals surface area (Å²) in [6.45, 7) is 1.57. The summed E-state index contributed by atoms with van der Waals surface area (Å²) in [6.07, 6.45) is 1.93. The van der Waals surface area contributed by atoms with Gasteiger partial charge in [-0.05, 0) is 18.6 Å². The number of carboxylic acids is 1. The van der Waals surface area contributed by atoms with E-state index in [9.17, 15) is 14.4 Å². The lowest BCUT2D eigenvalue weighted by Gasteiger charge is -2.13. The Morgan fingerprint density at radius 3 is 2.75 bits per heavy atom. The molecule has 24 heavy (non-hydrogen) atoms. The first-order valence-corrected chi connectivity index (χ1v) is 8.35. The van der Waals surface area contributed by atoms with Crippen molar-refractivity contribution in [1.82, 2.24) is 4.90 Å². The summed E-state index contributed by atoms with van der Waals surface area (Å²) in [7, 11) is 0. The summed E-state index contributed by atoms with van der Waals surface area (Å²) in [5, 5.41) is 8.67. The summed E-state index contributed by atoms with van der Waals surface area (Å²) < 4.78 is 5.51. The van der Waals surface area contributed by atoms with Crippen LogP contribution in [0.15, 0.2) is 29.2 Å². The largest absolute Gasteiger partial charge is 0.481 e. The van der Waals surface area contributed by atoms with Crippen LogP contribution in [0.2, 0.25) is 0 Å². The molecule has 1 aliphatic rings. The molecule has 1 N–H and O–H groups in total. The zero-order chi connectivity index (χ0) is 17.7. The average Bonchev–Trinajstić information content (AvgIpc) is 2.76. The van der Waals surface area contributed by atoms with Gasteiger partial charge in [0.25, 0.3) is 5.91 Å². The van der Waals surface area contributed by atoms with Crippen molar-refractivity contribution in [3.8, 4) is 5.75 Å². The van der Waals surface area contributed by atoms with Gasteiger partial charge in [-0.15, -0.1) is 0 Å². The highest BCUT2D eigenvalue weighted by Crippen LogP contribution is 2.34. The molecule has 0 radical (unpaired) electrons. The number of ether oxygens (including phenoxy) is 1. The SMILES string of the molecule is CC(=O)Oc1ccccc1/C=C1\SC(=S)N(CCCC(=O)O)C1=O. The van der Waals surface area contributed by atoms with Crippen molar-refractivity contribution in [2.24, 2.45) is 0 Å². The smallest absolute Gasteiger partial charge is 0.308 e. The fraction of sp³-hybridized carbons (Fsp3) is 0.250. The van der Waals surface area contributed by atoms with Gasteiger partial charge in [0.1, 0.15) is 10.1 Å². The van der Waals surface area contributed by atoms with Gasteiger partial charge in [0.15, 0.2) is 0 Å². The number of carbonyl (C=O) groups excluding carboxylic acids is 2. The van der Waals surface area contributed by atoms with Crippen molar-refractivity contribution < 1.29 is 24.2 Å². The van der Waals surface area contributed by atoms with Crippen LogP contribution < -0.4 is 4.74 Å². The van der Waals surface area contributed by atoms with Gasteiger partial charge in [0.2, 0.25) is 0 Å². The highest BCUT2D eigenvalue weighted by Gasteiger charge is 2.31. The number of hydrogen-bond acceptors (Lipinski definition) is 6. The second-order valence-electron chi connectivity index (χ2n) is 4.96. The lowest BCUT2D eigenvalue weighted by Crippen LogP contribution is -2.29. The molecule has 8 heteroatoms.